The van der Waals surface area contributed by atoms with E-state index in [4.69, 9.17) is 0 Å². The minimum absolute atomic E-state index is 0.581. The van der Waals surface area contributed by atoms with Gasteiger partial charge < -0.3 is 0 Å². The predicted octanol–water partition coefficient (Wildman–Crippen LogP) is 4.34. The topological polar surface area (TPSA) is 0 Å². The molecule has 0 unspecified atom stereocenters. The van der Waals surface area contributed by atoms with Gasteiger partial charge in [-0.2, -0.15) is 0 Å². The summed E-state index contributed by atoms with van der Waals surface area (Å²) in [7, 11) is 0. The van der Waals surface area contributed by atoms with Gasteiger partial charge in [-0.1, -0.05) is 51.8 Å². The normalized spacial score (nSPS) is 10.6. The molecule has 0 saturated heterocycles. The van der Waals surface area contributed by atoms with Crippen LogP contribution in [0.1, 0.15) is 25.3 Å². The van der Waals surface area contributed by atoms with Crippen molar-refractivity contribution in [3.63, 3.8) is 0 Å². The van der Waals surface area contributed by atoms with Crippen molar-refractivity contribution in [1.29, 1.82) is 0 Å². The summed E-state index contributed by atoms with van der Waals surface area (Å²) in [4.78, 5) is 0. The molecule has 0 fully saturated rings. The van der Waals surface area contributed by atoms with Gasteiger partial charge in [0, 0.05) is 8.95 Å². The maximum atomic E-state index is 3.52. The van der Waals surface area contributed by atoms with E-state index in [9.17, 15) is 0 Å². The summed E-state index contributed by atoms with van der Waals surface area (Å²) in [5, 5.41) is 0. The van der Waals surface area contributed by atoms with Gasteiger partial charge in [0.05, 0.1) is 0 Å². The second-order valence-electron chi connectivity index (χ2n) is 2.82. The first-order chi connectivity index (χ1) is 5.11. The van der Waals surface area contributed by atoms with Crippen LogP contribution in [0, 0.1) is 0 Å². The molecule has 2 heteroatoms. The molecule has 0 atom stereocenters. The Morgan fingerprint density at radius 3 is 2.27 bits per heavy atom. The minimum atomic E-state index is 0.581. The molecule has 0 bridgehead atoms. The largest absolute Gasteiger partial charge is 0.0586 e. The number of rotatable bonds is 1. The summed E-state index contributed by atoms with van der Waals surface area (Å²) in [6, 6.07) is 6.29. The van der Waals surface area contributed by atoms with Gasteiger partial charge in [-0.05, 0) is 23.6 Å². The first-order valence-corrected chi connectivity index (χ1v) is 5.15. The first kappa shape index (κ1) is 9.27. The Hall–Kier alpha value is 0.180. The number of benzene rings is 1. The fourth-order valence-corrected chi connectivity index (χ4v) is 2.47. The Balaban J connectivity index is 3.09. The summed E-state index contributed by atoms with van der Waals surface area (Å²) < 4.78 is 2.30. The molecule has 0 N–H and O–H groups in total. The van der Waals surface area contributed by atoms with Crippen molar-refractivity contribution in [2.75, 3.05) is 0 Å². The Labute approximate surface area is 84.3 Å². The lowest BCUT2D eigenvalue weighted by Crippen LogP contribution is -1.87. The van der Waals surface area contributed by atoms with Crippen LogP contribution < -0.4 is 0 Å². The second-order valence-corrected chi connectivity index (χ2v) is 4.59. The zero-order chi connectivity index (χ0) is 8.43. The lowest BCUT2D eigenvalue weighted by atomic mass is 10.0. The smallest absolute Gasteiger partial charge is 0.0221 e. The fraction of sp³-hybridized carbons (Fsp3) is 0.333. The Morgan fingerprint density at radius 1 is 1.18 bits per heavy atom. The molecule has 1 aromatic carbocycles. The third kappa shape index (κ3) is 2.31. The maximum absolute atomic E-state index is 3.52. The van der Waals surface area contributed by atoms with E-state index >= 15 is 0 Å². The molecule has 0 nitrogen and oxygen atoms in total. The van der Waals surface area contributed by atoms with Gasteiger partial charge in [0.15, 0.2) is 0 Å². The molecule has 1 rings (SSSR count). The van der Waals surface area contributed by atoms with Crippen LogP contribution in [-0.2, 0) is 0 Å². The van der Waals surface area contributed by atoms with Crippen molar-refractivity contribution in [1.82, 2.24) is 0 Å². The van der Waals surface area contributed by atoms with E-state index < -0.39 is 0 Å². The molecule has 0 aliphatic heterocycles. The summed E-state index contributed by atoms with van der Waals surface area (Å²) in [6.07, 6.45) is 0. The van der Waals surface area contributed by atoms with Crippen LogP contribution in [0.2, 0.25) is 0 Å². The van der Waals surface area contributed by atoms with Crippen molar-refractivity contribution < 1.29 is 0 Å². The minimum Gasteiger partial charge on any atom is -0.0586 e. The SMILES string of the molecule is CC(C)c1ccc(Br)cc1Br. The Kier molecular flexibility index (Phi) is 3.14. The molecular formula is C9H10Br2. The highest BCUT2D eigenvalue weighted by Gasteiger charge is 2.03. The van der Waals surface area contributed by atoms with Crippen molar-refractivity contribution in [3.05, 3.63) is 32.7 Å². The Bertz CT molecular complexity index is 254. The van der Waals surface area contributed by atoms with Gasteiger partial charge in [0.25, 0.3) is 0 Å². The van der Waals surface area contributed by atoms with Crippen LogP contribution in [-0.4, -0.2) is 0 Å². The van der Waals surface area contributed by atoms with Crippen LogP contribution in [0.25, 0.3) is 0 Å². The van der Waals surface area contributed by atoms with Crippen molar-refractivity contribution in [2.45, 2.75) is 19.8 Å². The summed E-state index contributed by atoms with van der Waals surface area (Å²) in [5.41, 5.74) is 1.35. The van der Waals surface area contributed by atoms with Crippen LogP contribution in [0.5, 0.6) is 0 Å². The van der Waals surface area contributed by atoms with Crippen LogP contribution >= 0.6 is 31.9 Å². The zero-order valence-electron chi connectivity index (χ0n) is 6.57. The lowest BCUT2D eigenvalue weighted by Gasteiger charge is -2.07. The van der Waals surface area contributed by atoms with E-state index in [-0.39, 0.29) is 0 Å². The number of hydrogen-bond acceptors (Lipinski definition) is 0. The van der Waals surface area contributed by atoms with Gasteiger partial charge in [-0.3, -0.25) is 0 Å². The zero-order valence-corrected chi connectivity index (χ0v) is 9.74. The third-order valence-corrected chi connectivity index (χ3v) is 2.76. The molecule has 0 aliphatic rings. The van der Waals surface area contributed by atoms with E-state index in [1.807, 2.05) is 0 Å². The molecule has 60 valence electrons. The van der Waals surface area contributed by atoms with Crippen molar-refractivity contribution in [3.8, 4) is 0 Å². The van der Waals surface area contributed by atoms with Crippen LogP contribution in [0.4, 0.5) is 0 Å². The molecule has 0 aliphatic carbocycles. The van der Waals surface area contributed by atoms with Gasteiger partial charge in [0.2, 0.25) is 0 Å². The third-order valence-electron chi connectivity index (χ3n) is 1.58. The van der Waals surface area contributed by atoms with Crippen LogP contribution in [0.3, 0.4) is 0 Å². The van der Waals surface area contributed by atoms with E-state index in [0.717, 1.165) is 4.47 Å². The quantitative estimate of drug-likeness (QED) is 0.717. The highest BCUT2D eigenvalue weighted by molar-refractivity contribution is 9.11. The molecule has 0 radical (unpaired) electrons. The standard InChI is InChI=1S/C9H10Br2/c1-6(2)8-4-3-7(10)5-9(8)11/h3-6H,1-2H3. The van der Waals surface area contributed by atoms with E-state index in [2.05, 4.69) is 63.9 Å². The Morgan fingerprint density at radius 2 is 1.82 bits per heavy atom. The molecular weight excluding hydrogens is 268 g/mol. The predicted molar refractivity (Wildman–Crippen MR) is 55.9 cm³/mol. The number of hydrogen-bond donors (Lipinski definition) is 0. The first-order valence-electron chi connectivity index (χ1n) is 3.56. The van der Waals surface area contributed by atoms with Gasteiger partial charge in [-0.15, -0.1) is 0 Å². The van der Waals surface area contributed by atoms with Gasteiger partial charge >= 0.3 is 0 Å². The molecule has 1 aromatic rings. The summed E-state index contributed by atoms with van der Waals surface area (Å²) >= 11 is 6.93. The van der Waals surface area contributed by atoms with E-state index in [0.29, 0.717) is 5.92 Å². The van der Waals surface area contributed by atoms with Crippen molar-refractivity contribution >= 4 is 31.9 Å². The lowest BCUT2D eigenvalue weighted by molar-refractivity contribution is 0.860. The summed E-state index contributed by atoms with van der Waals surface area (Å²) in [5.74, 6) is 0.581. The fourth-order valence-electron chi connectivity index (χ4n) is 0.970. The van der Waals surface area contributed by atoms with Gasteiger partial charge in [-0.25, -0.2) is 0 Å². The van der Waals surface area contributed by atoms with E-state index in [1.165, 1.54) is 10.0 Å². The average Bonchev–Trinajstić information content (AvgIpc) is 1.85. The molecule has 11 heavy (non-hydrogen) atoms. The molecule has 0 heterocycles. The molecule has 0 spiro atoms. The monoisotopic (exact) mass is 276 g/mol. The average molecular weight is 278 g/mol. The van der Waals surface area contributed by atoms with E-state index in [1.54, 1.807) is 0 Å². The highest BCUT2D eigenvalue weighted by atomic mass is 79.9. The van der Waals surface area contributed by atoms with Crippen LogP contribution in [0.15, 0.2) is 27.1 Å². The molecule has 0 saturated carbocycles. The highest BCUT2D eigenvalue weighted by Crippen LogP contribution is 2.27. The number of halogens is 2. The van der Waals surface area contributed by atoms with Crippen molar-refractivity contribution in [2.24, 2.45) is 0 Å². The molecule has 0 aromatic heterocycles. The maximum Gasteiger partial charge on any atom is 0.0221 e. The van der Waals surface area contributed by atoms with Gasteiger partial charge in [0.1, 0.15) is 0 Å². The summed E-state index contributed by atoms with van der Waals surface area (Å²) in [6.45, 7) is 4.38. The molecule has 0 amide bonds. The second kappa shape index (κ2) is 3.72.